The Bertz CT molecular complexity index is 524. The molecule has 0 bridgehead atoms. The summed E-state index contributed by atoms with van der Waals surface area (Å²) in [6.45, 7) is 8.57. The van der Waals surface area contributed by atoms with Crippen molar-refractivity contribution < 1.29 is 42.2 Å². The van der Waals surface area contributed by atoms with Crippen LogP contribution in [0.2, 0.25) is 0 Å². The van der Waals surface area contributed by atoms with E-state index in [0.717, 1.165) is 0 Å². The number of fused-ring (bicyclic) bond motifs is 1. The van der Waals surface area contributed by atoms with Gasteiger partial charge in [-0.2, -0.15) is 5.41 Å². The van der Waals surface area contributed by atoms with Crippen LogP contribution in [-0.2, 0) is 17.4 Å². The van der Waals surface area contributed by atoms with Crippen LogP contribution < -0.4 is 24.8 Å². The molecular weight excluding hydrogens is 353 g/mol. The van der Waals surface area contributed by atoms with Crippen LogP contribution in [0.1, 0.15) is 30.9 Å². The van der Waals surface area contributed by atoms with E-state index in [1.807, 2.05) is 18.2 Å². The zero-order valence-electron chi connectivity index (χ0n) is 12.7. The largest absolute Gasteiger partial charge is 3.00 e. The van der Waals surface area contributed by atoms with Crippen LogP contribution in [0, 0.1) is 12.3 Å². The smallest absolute Gasteiger partial charge is 1.00 e. The number of hydrogen-bond acceptors (Lipinski definition) is 1. The monoisotopic (exact) mass is 372 g/mol. The summed E-state index contributed by atoms with van der Waals surface area (Å²) in [5.74, 6) is 0.476. The third kappa shape index (κ3) is 6.55. The zero-order valence-corrected chi connectivity index (χ0v) is 15.5. The molecule has 1 nitrogen and oxygen atoms in total. The maximum absolute atomic E-state index is 4.20. The van der Waals surface area contributed by atoms with E-state index >= 15 is 0 Å². The maximum atomic E-state index is 4.20. The van der Waals surface area contributed by atoms with Crippen molar-refractivity contribution in [2.24, 2.45) is 5.41 Å². The summed E-state index contributed by atoms with van der Waals surface area (Å²) in [4.78, 5) is 3.78. The second kappa shape index (κ2) is 10.9. The van der Waals surface area contributed by atoms with E-state index in [2.05, 4.69) is 62.2 Å². The number of nitrogens with zero attached hydrogens (tertiary/aromatic N) is 1. The number of hydrogen-bond donors (Lipinski definition) is 0. The van der Waals surface area contributed by atoms with Crippen molar-refractivity contribution in [3.05, 3.63) is 79.0 Å². The topological polar surface area (TPSA) is 12.9 Å². The molecule has 0 spiro atoms. The molecule has 3 rings (SSSR count). The predicted molar refractivity (Wildman–Crippen MR) is 81.6 cm³/mol. The Kier molecular flexibility index (Phi) is 11.6. The molecule has 1 radical (unpaired) electrons. The first-order chi connectivity index (χ1) is 9.09. The summed E-state index contributed by atoms with van der Waals surface area (Å²) in [5.41, 5.74) is 2.86. The molecule has 1 unspecified atom stereocenters. The normalized spacial score (nSPS) is 14.2. The van der Waals surface area contributed by atoms with Crippen molar-refractivity contribution in [2.45, 2.75) is 19.8 Å². The fourth-order valence-corrected chi connectivity index (χ4v) is 2.24. The van der Waals surface area contributed by atoms with Crippen molar-refractivity contribution in [1.29, 1.82) is 0 Å². The van der Waals surface area contributed by atoms with Gasteiger partial charge in [0.2, 0.25) is 0 Å². The molecule has 0 amide bonds. The average molecular weight is 373 g/mol. The third-order valence-electron chi connectivity index (χ3n) is 3.21. The molecule has 117 valence electrons. The van der Waals surface area contributed by atoms with E-state index in [1.165, 1.54) is 11.1 Å². The second-order valence-corrected chi connectivity index (χ2v) is 5.48. The Balaban J connectivity index is 0. The minimum atomic E-state index is 0. The first-order valence-corrected chi connectivity index (χ1v) is 6.56. The average Bonchev–Trinajstić information content (AvgIpc) is 2.85. The van der Waals surface area contributed by atoms with Crippen LogP contribution in [0.15, 0.2) is 60.9 Å². The molecular formula is C18H20Cl2CrN. The van der Waals surface area contributed by atoms with Crippen LogP contribution >= 0.6 is 0 Å². The maximum Gasteiger partial charge on any atom is 3.00 e. The van der Waals surface area contributed by atoms with Gasteiger partial charge in [-0.15, -0.1) is 0 Å². The molecule has 0 fully saturated rings. The van der Waals surface area contributed by atoms with Gasteiger partial charge in [0.15, 0.2) is 0 Å². The number of benzene rings is 1. The van der Waals surface area contributed by atoms with Gasteiger partial charge in [-0.3, -0.25) is 4.98 Å². The van der Waals surface area contributed by atoms with Gasteiger partial charge < -0.3 is 31.7 Å². The quantitative estimate of drug-likeness (QED) is 0.569. The molecule has 0 saturated heterocycles. The number of aromatic nitrogens is 1. The summed E-state index contributed by atoms with van der Waals surface area (Å²) >= 11 is 0. The fourth-order valence-electron chi connectivity index (χ4n) is 2.24. The molecule has 0 aliphatic heterocycles. The van der Waals surface area contributed by atoms with E-state index in [4.69, 9.17) is 0 Å². The number of allylic oxidation sites excluding steroid dienone is 1. The summed E-state index contributed by atoms with van der Waals surface area (Å²) in [5, 5.41) is 0. The number of halogens is 2. The SMILES string of the molecule is [CH2-]C(C)(C)C1C=Cc2ccccc21.[Cl-].[Cl-].[Cr+3].c1ccncc1. The molecule has 22 heavy (non-hydrogen) atoms. The van der Waals surface area contributed by atoms with Crippen molar-refractivity contribution in [2.75, 3.05) is 0 Å². The van der Waals surface area contributed by atoms with E-state index < -0.39 is 0 Å². The standard InChI is InChI=1S/C13H15.C5H5N.2ClH.Cr/c1-13(2,3)12-9-8-10-6-4-5-7-11(10)12;1-2-4-6-5-3-1;;;/h4-9,12H,1H2,2-3H3;1-5H;2*1H;/q-1;;;;+3/p-2. The Labute approximate surface area is 157 Å². The fraction of sp³-hybridized carbons (Fsp3) is 0.222. The zero-order chi connectivity index (χ0) is 13.7. The van der Waals surface area contributed by atoms with E-state index in [0.29, 0.717) is 5.92 Å². The number of pyridine rings is 1. The van der Waals surface area contributed by atoms with Gasteiger partial charge in [0.05, 0.1) is 0 Å². The first kappa shape index (κ1) is 23.5. The summed E-state index contributed by atoms with van der Waals surface area (Å²) in [6.07, 6.45) is 7.96. The van der Waals surface area contributed by atoms with E-state index in [-0.39, 0.29) is 47.6 Å². The molecule has 0 N–H and O–H groups in total. The Morgan fingerprint density at radius 1 is 0.955 bits per heavy atom. The first-order valence-electron chi connectivity index (χ1n) is 6.56. The van der Waals surface area contributed by atoms with Crippen LogP contribution in [0.25, 0.3) is 6.08 Å². The molecule has 2 aromatic rings. The molecule has 0 saturated carbocycles. The van der Waals surface area contributed by atoms with Gasteiger partial charge in [-0.25, -0.2) is 0 Å². The minimum Gasteiger partial charge on any atom is -1.00 e. The number of rotatable bonds is 1. The van der Waals surface area contributed by atoms with Crippen LogP contribution in [0.3, 0.4) is 0 Å². The van der Waals surface area contributed by atoms with Gasteiger partial charge >= 0.3 is 17.4 Å². The molecule has 1 heterocycles. The molecule has 1 aliphatic rings. The summed E-state index contributed by atoms with van der Waals surface area (Å²) in [6, 6.07) is 14.3. The molecule has 1 aromatic carbocycles. The van der Waals surface area contributed by atoms with Gasteiger partial charge in [0, 0.05) is 12.4 Å². The minimum absolute atomic E-state index is 0. The van der Waals surface area contributed by atoms with Crippen molar-refractivity contribution in [3.8, 4) is 0 Å². The summed E-state index contributed by atoms with van der Waals surface area (Å²) < 4.78 is 0. The third-order valence-corrected chi connectivity index (χ3v) is 3.21. The van der Waals surface area contributed by atoms with Crippen LogP contribution in [-0.4, -0.2) is 4.98 Å². The molecule has 1 aromatic heterocycles. The van der Waals surface area contributed by atoms with Gasteiger partial charge in [-0.1, -0.05) is 56.3 Å². The van der Waals surface area contributed by atoms with Gasteiger partial charge in [0.25, 0.3) is 0 Å². The van der Waals surface area contributed by atoms with Gasteiger partial charge in [-0.05, 0) is 29.2 Å². The van der Waals surface area contributed by atoms with Crippen LogP contribution in [0.5, 0.6) is 0 Å². The van der Waals surface area contributed by atoms with Crippen molar-refractivity contribution >= 4 is 6.08 Å². The van der Waals surface area contributed by atoms with Crippen LogP contribution in [0.4, 0.5) is 0 Å². The predicted octanol–water partition coefficient (Wildman–Crippen LogP) is -1.26. The molecule has 1 aliphatic carbocycles. The second-order valence-electron chi connectivity index (χ2n) is 5.48. The Morgan fingerprint density at radius 3 is 2.00 bits per heavy atom. The van der Waals surface area contributed by atoms with Crippen molar-refractivity contribution in [3.63, 3.8) is 0 Å². The van der Waals surface area contributed by atoms with Gasteiger partial charge in [0.1, 0.15) is 0 Å². The van der Waals surface area contributed by atoms with Crippen molar-refractivity contribution in [1.82, 2.24) is 4.98 Å². The summed E-state index contributed by atoms with van der Waals surface area (Å²) in [7, 11) is 0. The van der Waals surface area contributed by atoms with E-state index in [9.17, 15) is 0 Å². The van der Waals surface area contributed by atoms with E-state index in [1.54, 1.807) is 12.4 Å². The molecule has 1 atom stereocenters. The Morgan fingerprint density at radius 2 is 1.55 bits per heavy atom. The Hall–Kier alpha value is -0.778. The molecule has 4 heteroatoms.